The van der Waals surface area contributed by atoms with E-state index in [1.54, 1.807) is 0 Å². The van der Waals surface area contributed by atoms with E-state index in [0.29, 0.717) is 0 Å². The van der Waals surface area contributed by atoms with Crippen LogP contribution in [0.2, 0.25) is 0 Å². The van der Waals surface area contributed by atoms with Gasteiger partial charge in [0.15, 0.2) is 0 Å². The third kappa shape index (κ3) is 2.85. The maximum Gasteiger partial charge on any atom is 0.0233 e. The monoisotopic (exact) mass is 217 g/mol. The van der Waals surface area contributed by atoms with E-state index in [2.05, 4.69) is 49.2 Å². The minimum Gasteiger partial charge on any atom is -0.299 e. The van der Waals surface area contributed by atoms with E-state index in [1.165, 1.54) is 31.2 Å². The average Bonchev–Trinajstić information content (AvgIpc) is 2.31. The van der Waals surface area contributed by atoms with Crippen LogP contribution in [0.5, 0.6) is 0 Å². The predicted molar refractivity (Wildman–Crippen MR) is 69.3 cm³/mol. The van der Waals surface area contributed by atoms with E-state index in [1.807, 2.05) is 0 Å². The SMILES string of the molecule is CC1CCCCC1N(C)Cc1ccccc1. The zero-order valence-corrected chi connectivity index (χ0v) is 10.5. The summed E-state index contributed by atoms with van der Waals surface area (Å²) >= 11 is 0. The van der Waals surface area contributed by atoms with Gasteiger partial charge >= 0.3 is 0 Å². The van der Waals surface area contributed by atoms with Crippen LogP contribution in [0.4, 0.5) is 0 Å². The molecule has 2 atom stereocenters. The van der Waals surface area contributed by atoms with Crippen LogP contribution in [-0.4, -0.2) is 18.0 Å². The van der Waals surface area contributed by atoms with Gasteiger partial charge < -0.3 is 0 Å². The topological polar surface area (TPSA) is 3.24 Å². The molecule has 0 N–H and O–H groups in total. The molecule has 0 aliphatic heterocycles. The third-order valence-corrected chi connectivity index (χ3v) is 3.91. The van der Waals surface area contributed by atoms with Gasteiger partial charge in [0.05, 0.1) is 0 Å². The van der Waals surface area contributed by atoms with Crippen molar-refractivity contribution in [1.82, 2.24) is 4.90 Å². The van der Waals surface area contributed by atoms with E-state index < -0.39 is 0 Å². The second-order valence-corrected chi connectivity index (χ2v) is 5.23. The van der Waals surface area contributed by atoms with Gasteiger partial charge in [-0.15, -0.1) is 0 Å². The molecule has 0 aromatic heterocycles. The lowest BCUT2D eigenvalue weighted by Gasteiger charge is -2.36. The Kier molecular flexibility index (Phi) is 4.00. The Morgan fingerprint density at radius 1 is 1.12 bits per heavy atom. The molecule has 0 bridgehead atoms. The van der Waals surface area contributed by atoms with Gasteiger partial charge in [0.25, 0.3) is 0 Å². The van der Waals surface area contributed by atoms with Crippen molar-refractivity contribution < 1.29 is 0 Å². The molecule has 2 unspecified atom stereocenters. The molecular formula is C15H23N. The summed E-state index contributed by atoms with van der Waals surface area (Å²) in [6, 6.07) is 11.6. The zero-order chi connectivity index (χ0) is 11.4. The highest BCUT2D eigenvalue weighted by atomic mass is 15.1. The Morgan fingerprint density at radius 2 is 1.81 bits per heavy atom. The Hall–Kier alpha value is -0.820. The second-order valence-electron chi connectivity index (χ2n) is 5.23. The highest BCUT2D eigenvalue weighted by Crippen LogP contribution is 2.28. The van der Waals surface area contributed by atoms with Gasteiger partial charge in [0.2, 0.25) is 0 Å². The third-order valence-electron chi connectivity index (χ3n) is 3.91. The van der Waals surface area contributed by atoms with Crippen molar-refractivity contribution in [3.05, 3.63) is 35.9 Å². The van der Waals surface area contributed by atoms with Crippen molar-refractivity contribution in [2.75, 3.05) is 7.05 Å². The van der Waals surface area contributed by atoms with Crippen molar-refractivity contribution in [3.63, 3.8) is 0 Å². The van der Waals surface area contributed by atoms with Crippen LogP contribution < -0.4 is 0 Å². The van der Waals surface area contributed by atoms with Crippen LogP contribution in [0, 0.1) is 5.92 Å². The first kappa shape index (κ1) is 11.7. The lowest BCUT2D eigenvalue weighted by atomic mass is 9.85. The molecule has 1 aromatic rings. The smallest absolute Gasteiger partial charge is 0.0233 e. The van der Waals surface area contributed by atoms with Crippen molar-refractivity contribution >= 4 is 0 Å². The number of hydrogen-bond acceptors (Lipinski definition) is 1. The van der Waals surface area contributed by atoms with Gasteiger partial charge in [-0.3, -0.25) is 4.90 Å². The van der Waals surface area contributed by atoms with E-state index in [-0.39, 0.29) is 0 Å². The van der Waals surface area contributed by atoms with Gasteiger partial charge in [-0.2, -0.15) is 0 Å². The quantitative estimate of drug-likeness (QED) is 0.746. The van der Waals surface area contributed by atoms with Crippen LogP contribution in [-0.2, 0) is 6.54 Å². The molecule has 1 heteroatoms. The van der Waals surface area contributed by atoms with E-state index in [9.17, 15) is 0 Å². The largest absolute Gasteiger partial charge is 0.299 e. The molecule has 0 amide bonds. The Bertz CT molecular complexity index is 306. The summed E-state index contributed by atoms with van der Waals surface area (Å²) in [6.07, 6.45) is 5.62. The predicted octanol–water partition coefficient (Wildman–Crippen LogP) is 3.70. The molecule has 1 fully saturated rings. The van der Waals surface area contributed by atoms with Crippen LogP contribution in [0.15, 0.2) is 30.3 Å². The fourth-order valence-electron chi connectivity index (χ4n) is 2.94. The molecule has 16 heavy (non-hydrogen) atoms. The summed E-state index contributed by atoms with van der Waals surface area (Å²) < 4.78 is 0. The van der Waals surface area contributed by atoms with E-state index in [0.717, 1.165) is 18.5 Å². The minimum atomic E-state index is 0.786. The van der Waals surface area contributed by atoms with Crippen LogP contribution in [0.3, 0.4) is 0 Å². The molecule has 1 nitrogen and oxygen atoms in total. The van der Waals surface area contributed by atoms with Gasteiger partial charge in [-0.05, 0) is 31.4 Å². The van der Waals surface area contributed by atoms with E-state index >= 15 is 0 Å². The summed E-state index contributed by atoms with van der Waals surface area (Å²) in [5.41, 5.74) is 1.43. The van der Waals surface area contributed by atoms with Gasteiger partial charge in [-0.25, -0.2) is 0 Å². The Morgan fingerprint density at radius 3 is 2.50 bits per heavy atom. The lowest BCUT2D eigenvalue weighted by molar-refractivity contribution is 0.133. The minimum absolute atomic E-state index is 0.786. The fraction of sp³-hybridized carbons (Fsp3) is 0.600. The van der Waals surface area contributed by atoms with Gasteiger partial charge in [0.1, 0.15) is 0 Å². The molecule has 1 saturated carbocycles. The van der Waals surface area contributed by atoms with Crippen molar-refractivity contribution in [3.8, 4) is 0 Å². The molecule has 2 rings (SSSR count). The zero-order valence-electron chi connectivity index (χ0n) is 10.5. The molecule has 1 aromatic carbocycles. The Labute approximate surface area is 99.5 Å². The summed E-state index contributed by atoms with van der Waals surface area (Å²) in [5, 5.41) is 0. The average molecular weight is 217 g/mol. The van der Waals surface area contributed by atoms with Crippen LogP contribution >= 0.6 is 0 Å². The maximum absolute atomic E-state index is 2.54. The van der Waals surface area contributed by atoms with Crippen molar-refractivity contribution in [1.29, 1.82) is 0 Å². The standard InChI is InChI=1S/C15H23N/c1-13-8-6-7-11-15(13)16(2)12-14-9-4-3-5-10-14/h3-5,9-10,13,15H,6-8,11-12H2,1-2H3. The van der Waals surface area contributed by atoms with Crippen LogP contribution in [0.25, 0.3) is 0 Å². The first-order chi connectivity index (χ1) is 7.77. The van der Waals surface area contributed by atoms with Gasteiger partial charge in [-0.1, -0.05) is 50.1 Å². The number of rotatable bonds is 3. The van der Waals surface area contributed by atoms with Crippen molar-refractivity contribution in [2.24, 2.45) is 5.92 Å². The Balaban J connectivity index is 1.94. The normalized spacial score (nSPS) is 25.9. The van der Waals surface area contributed by atoms with Crippen LogP contribution in [0.1, 0.15) is 38.2 Å². The molecule has 1 aliphatic rings. The lowest BCUT2D eigenvalue weighted by Crippen LogP contribution is -2.38. The molecule has 1 aliphatic carbocycles. The number of nitrogens with zero attached hydrogens (tertiary/aromatic N) is 1. The molecule has 0 radical (unpaired) electrons. The number of benzene rings is 1. The molecular weight excluding hydrogens is 194 g/mol. The molecule has 0 saturated heterocycles. The number of hydrogen-bond donors (Lipinski definition) is 0. The molecule has 88 valence electrons. The highest BCUT2D eigenvalue weighted by Gasteiger charge is 2.24. The molecule has 0 spiro atoms. The maximum atomic E-state index is 2.54. The summed E-state index contributed by atoms with van der Waals surface area (Å²) in [6.45, 7) is 3.50. The second kappa shape index (κ2) is 5.49. The summed E-state index contributed by atoms with van der Waals surface area (Å²) in [4.78, 5) is 2.54. The first-order valence-electron chi connectivity index (χ1n) is 6.51. The fourth-order valence-corrected chi connectivity index (χ4v) is 2.94. The summed E-state index contributed by atoms with van der Waals surface area (Å²) in [5.74, 6) is 0.863. The van der Waals surface area contributed by atoms with E-state index in [4.69, 9.17) is 0 Å². The molecule has 0 heterocycles. The van der Waals surface area contributed by atoms with Crippen molar-refractivity contribution in [2.45, 2.75) is 45.2 Å². The highest BCUT2D eigenvalue weighted by molar-refractivity contribution is 5.14. The first-order valence-corrected chi connectivity index (χ1v) is 6.51. The van der Waals surface area contributed by atoms with Gasteiger partial charge in [0, 0.05) is 12.6 Å². The summed E-state index contributed by atoms with van der Waals surface area (Å²) in [7, 11) is 2.28.